The normalized spacial score (nSPS) is 14.7. The van der Waals surface area contributed by atoms with Crippen LogP contribution in [-0.4, -0.2) is 17.9 Å². The summed E-state index contributed by atoms with van der Waals surface area (Å²) in [5.74, 6) is -0.152. The summed E-state index contributed by atoms with van der Waals surface area (Å²) in [4.78, 5) is 28.2. The molecule has 2 aromatic carbocycles. The van der Waals surface area contributed by atoms with E-state index in [4.69, 9.17) is 0 Å². The number of nitrogens with one attached hydrogen (secondary N) is 1. The van der Waals surface area contributed by atoms with Gasteiger partial charge in [0.15, 0.2) is 0 Å². The molecular weight excluding hydrogens is 384 g/mol. The summed E-state index contributed by atoms with van der Waals surface area (Å²) in [6, 6.07) is 15.3. The quantitative estimate of drug-likeness (QED) is 0.575. The summed E-state index contributed by atoms with van der Waals surface area (Å²) in [5.41, 5.74) is 3.85. The van der Waals surface area contributed by atoms with Crippen LogP contribution < -0.4 is 10.2 Å². The Balaban J connectivity index is 0.00000166. The van der Waals surface area contributed by atoms with Gasteiger partial charge in [-0.1, -0.05) is 87.6 Å². The Kier molecular flexibility index (Phi) is 9.77. The molecule has 0 radical (unpaired) electrons. The molecule has 0 heterocycles. The highest BCUT2D eigenvalue weighted by Crippen LogP contribution is 2.30. The Bertz CT molecular complexity index is 828. The number of amides is 2. The zero-order valence-electron chi connectivity index (χ0n) is 19.8. The van der Waals surface area contributed by atoms with Crippen molar-refractivity contribution in [3.8, 4) is 0 Å². The lowest BCUT2D eigenvalue weighted by Gasteiger charge is -2.33. The van der Waals surface area contributed by atoms with Crippen molar-refractivity contribution in [2.24, 2.45) is 0 Å². The van der Waals surface area contributed by atoms with E-state index in [-0.39, 0.29) is 19.3 Å². The molecule has 4 nitrogen and oxygen atoms in total. The third-order valence-corrected chi connectivity index (χ3v) is 5.73. The number of aryl methyl sites for hydroxylation is 2. The molecule has 1 atom stereocenters. The third kappa shape index (κ3) is 6.68. The molecule has 4 heteroatoms. The van der Waals surface area contributed by atoms with Gasteiger partial charge in [-0.15, -0.1) is 0 Å². The number of carbonyl (C=O) groups excluding carboxylic acids is 2. The van der Waals surface area contributed by atoms with Crippen molar-refractivity contribution in [3.05, 3.63) is 65.2 Å². The molecule has 0 aromatic heterocycles. The second-order valence-corrected chi connectivity index (χ2v) is 8.11. The highest BCUT2D eigenvalue weighted by Gasteiger charge is 2.33. The maximum atomic E-state index is 13.5. The maximum absolute atomic E-state index is 13.5. The van der Waals surface area contributed by atoms with Crippen LogP contribution in [0.4, 0.5) is 5.69 Å². The van der Waals surface area contributed by atoms with Crippen LogP contribution in [0.3, 0.4) is 0 Å². The van der Waals surface area contributed by atoms with Gasteiger partial charge in [0.1, 0.15) is 6.04 Å². The molecule has 1 saturated carbocycles. The van der Waals surface area contributed by atoms with Gasteiger partial charge in [-0.05, 0) is 44.4 Å². The first-order valence-electron chi connectivity index (χ1n) is 11.7. The fraction of sp³-hybridized carbons (Fsp3) is 0.481. The lowest BCUT2D eigenvalue weighted by atomic mass is 9.94. The molecule has 2 amide bonds. The van der Waals surface area contributed by atoms with Crippen molar-refractivity contribution in [3.63, 3.8) is 0 Å². The number of anilines is 1. The third-order valence-electron chi connectivity index (χ3n) is 5.73. The van der Waals surface area contributed by atoms with Crippen LogP contribution in [-0.2, 0) is 9.59 Å². The first-order valence-corrected chi connectivity index (χ1v) is 11.7. The smallest absolute Gasteiger partial charge is 0.248 e. The lowest BCUT2D eigenvalue weighted by Crippen LogP contribution is -2.47. The van der Waals surface area contributed by atoms with E-state index in [9.17, 15) is 9.59 Å². The van der Waals surface area contributed by atoms with E-state index in [0.717, 1.165) is 48.1 Å². The minimum Gasteiger partial charge on any atom is -0.351 e. The highest BCUT2D eigenvalue weighted by molar-refractivity contribution is 6.01. The van der Waals surface area contributed by atoms with Crippen LogP contribution in [0.2, 0.25) is 0 Å². The van der Waals surface area contributed by atoms with Crippen LogP contribution in [0.1, 0.15) is 83.5 Å². The van der Waals surface area contributed by atoms with Gasteiger partial charge < -0.3 is 5.32 Å². The molecule has 1 aliphatic carbocycles. The molecule has 0 bridgehead atoms. The van der Waals surface area contributed by atoms with Crippen LogP contribution in [0.25, 0.3) is 0 Å². The van der Waals surface area contributed by atoms with E-state index in [2.05, 4.69) is 5.32 Å². The molecule has 1 aliphatic rings. The lowest BCUT2D eigenvalue weighted by molar-refractivity contribution is -0.127. The molecular formula is C27H40N2O2. The van der Waals surface area contributed by atoms with Crippen molar-refractivity contribution < 1.29 is 11.0 Å². The standard InChI is InChI=1S/C25H32N2O2.C2H6.H2/c1-4-23(28)27(22-16-12-19(3)13-17-22)24(20-14-10-18(2)11-15-20)25(29)26-21-8-6-5-7-9-21;1-2;/h10-17,21,24H,4-9H2,1-3H3,(H,26,29);1-2H3;1H. The highest BCUT2D eigenvalue weighted by atomic mass is 16.2. The molecule has 31 heavy (non-hydrogen) atoms. The van der Waals surface area contributed by atoms with Crippen LogP contribution in [0.15, 0.2) is 48.5 Å². The summed E-state index contributed by atoms with van der Waals surface area (Å²) < 4.78 is 0. The molecule has 1 N–H and O–H groups in total. The fourth-order valence-electron chi connectivity index (χ4n) is 4.01. The summed E-state index contributed by atoms with van der Waals surface area (Å²) in [7, 11) is 0. The van der Waals surface area contributed by atoms with Crippen molar-refractivity contribution in [1.82, 2.24) is 5.32 Å². The molecule has 0 aliphatic heterocycles. The topological polar surface area (TPSA) is 49.4 Å². The van der Waals surface area contributed by atoms with Crippen molar-refractivity contribution in [2.45, 2.75) is 85.2 Å². The van der Waals surface area contributed by atoms with Gasteiger partial charge >= 0.3 is 0 Å². The average molecular weight is 425 g/mol. The number of benzene rings is 2. The summed E-state index contributed by atoms with van der Waals surface area (Å²) in [6.45, 7) is 9.88. The van der Waals surface area contributed by atoms with E-state index in [0.29, 0.717) is 6.42 Å². The predicted molar refractivity (Wildman–Crippen MR) is 131 cm³/mol. The largest absolute Gasteiger partial charge is 0.351 e. The van der Waals surface area contributed by atoms with E-state index in [1.54, 1.807) is 4.90 Å². The van der Waals surface area contributed by atoms with Crippen LogP contribution in [0.5, 0.6) is 0 Å². The number of hydrogen-bond donors (Lipinski definition) is 1. The van der Waals surface area contributed by atoms with Crippen molar-refractivity contribution in [1.29, 1.82) is 0 Å². The predicted octanol–water partition coefficient (Wildman–Crippen LogP) is 6.51. The van der Waals surface area contributed by atoms with Gasteiger partial charge in [-0.3, -0.25) is 14.5 Å². The summed E-state index contributed by atoms with van der Waals surface area (Å²) in [6.07, 6.45) is 5.90. The average Bonchev–Trinajstić information content (AvgIpc) is 2.80. The van der Waals surface area contributed by atoms with E-state index in [1.807, 2.05) is 83.1 Å². The van der Waals surface area contributed by atoms with Gasteiger partial charge in [0.25, 0.3) is 0 Å². The Morgan fingerprint density at radius 2 is 1.45 bits per heavy atom. The summed E-state index contributed by atoms with van der Waals surface area (Å²) >= 11 is 0. The number of carbonyl (C=O) groups is 2. The second kappa shape index (κ2) is 12.3. The minimum atomic E-state index is -0.673. The van der Waals surface area contributed by atoms with Gasteiger partial charge in [0.2, 0.25) is 11.8 Å². The second-order valence-electron chi connectivity index (χ2n) is 8.11. The van der Waals surface area contributed by atoms with Crippen LogP contribution >= 0.6 is 0 Å². The number of hydrogen-bond acceptors (Lipinski definition) is 2. The van der Waals surface area contributed by atoms with E-state index in [1.165, 1.54) is 6.42 Å². The molecule has 3 rings (SSSR count). The van der Waals surface area contributed by atoms with Gasteiger partial charge in [0, 0.05) is 19.6 Å². The molecule has 1 unspecified atom stereocenters. The minimum absolute atomic E-state index is 0. The van der Waals surface area contributed by atoms with Gasteiger partial charge in [-0.25, -0.2) is 0 Å². The summed E-state index contributed by atoms with van der Waals surface area (Å²) in [5, 5.41) is 3.24. The number of nitrogens with zero attached hydrogens (tertiary/aromatic N) is 1. The zero-order valence-corrected chi connectivity index (χ0v) is 19.8. The molecule has 2 aromatic rings. The van der Waals surface area contributed by atoms with Crippen molar-refractivity contribution in [2.75, 3.05) is 4.90 Å². The maximum Gasteiger partial charge on any atom is 0.248 e. The Hall–Kier alpha value is -2.62. The Labute approximate surface area is 189 Å². The van der Waals surface area contributed by atoms with Crippen LogP contribution in [0, 0.1) is 13.8 Å². The zero-order chi connectivity index (χ0) is 22.8. The Morgan fingerprint density at radius 1 is 0.935 bits per heavy atom. The Morgan fingerprint density at radius 3 is 1.97 bits per heavy atom. The van der Waals surface area contributed by atoms with Gasteiger partial charge in [-0.2, -0.15) is 0 Å². The molecule has 1 fully saturated rings. The molecule has 0 spiro atoms. The van der Waals surface area contributed by atoms with E-state index >= 15 is 0 Å². The first-order chi connectivity index (χ1) is 15.0. The number of rotatable bonds is 6. The fourth-order valence-corrected chi connectivity index (χ4v) is 4.01. The first kappa shape index (κ1) is 24.6. The molecule has 0 saturated heterocycles. The van der Waals surface area contributed by atoms with Gasteiger partial charge in [0.05, 0.1) is 0 Å². The van der Waals surface area contributed by atoms with E-state index < -0.39 is 6.04 Å². The monoisotopic (exact) mass is 424 g/mol. The van der Waals surface area contributed by atoms with Crippen molar-refractivity contribution >= 4 is 17.5 Å². The molecule has 170 valence electrons. The SMILES string of the molecule is CC.CCC(=O)N(c1ccc(C)cc1)C(C(=O)NC1CCCCC1)c1ccc(C)cc1.[HH].